The monoisotopic (exact) mass is 632 g/mol. The first-order chi connectivity index (χ1) is 21.6. The number of fused-ring (bicyclic) bond motifs is 5. The molecule has 0 saturated heterocycles. The molecule has 0 radical (unpaired) electrons. The molecule has 0 heterocycles. The molecule has 0 N–H and O–H groups in total. The maximum Gasteiger partial charge on any atom is 0.587 e. The first kappa shape index (κ1) is 32.9. The van der Waals surface area contributed by atoms with Crippen molar-refractivity contribution < 1.29 is 18.1 Å². The van der Waals surface area contributed by atoms with Gasteiger partial charge in [-0.2, -0.15) is 0 Å². The summed E-state index contributed by atoms with van der Waals surface area (Å²) in [5.74, 6) is 6.34. The Bertz CT molecular complexity index is 1300. The van der Waals surface area contributed by atoms with Crippen molar-refractivity contribution in [3.63, 3.8) is 0 Å². The number of hydrogen-bond donors (Lipinski definition) is 0. The van der Waals surface area contributed by atoms with Crippen LogP contribution in [0.25, 0.3) is 0 Å². The Kier molecular flexibility index (Phi) is 9.94. The van der Waals surface area contributed by atoms with Crippen LogP contribution in [0.1, 0.15) is 105 Å². The lowest BCUT2D eigenvalue weighted by molar-refractivity contribution is -0.0539. The van der Waals surface area contributed by atoms with Crippen molar-refractivity contribution in [2.24, 2.45) is 52.3 Å². The summed E-state index contributed by atoms with van der Waals surface area (Å²) in [5, 5.41) is 0. The van der Waals surface area contributed by atoms with Gasteiger partial charge in [0.25, 0.3) is 0 Å². The van der Waals surface area contributed by atoms with E-state index in [1.807, 2.05) is 36.4 Å². The minimum atomic E-state index is -3.87. The van der Waals surface area contributed by atoms with Gasteiger partial charge in [-0.15, -0.1) is 0 Å². The summed E-state index contributed by atoms with van der Waals surface area (Å²) in [6.07, 6.45) is 17.0. The molecule has 0 spiro atoms. The highest BCUT2D eigenvalue weighted by Crippen LogP contribution is 2.67. The third-order valence-electron chi connectivity index (χ3n) is 12.8. The molecule has 3 saturated carbocycles. The van der Waals surface area contributed by atoms with E-state index >= 15 is 0 Å². The van der Waals surface area contributed by atoms with Crippen molar-refractivity contribution in [2.45, 2.75) is 105 Å². The van der Waals surface area contributed by atoms with Crippen LogP contribution in [0.5, 0.6) is 11.5 Å². The largest absolute Gasteiger partial charge is 0.587 e. The summed E-state index contributed by atoms with van der Waals surface area (Å²) in [6.45, 7) is 12.9. The van der Waals surface area contributed by atoms with Gasteiger partial charge in [0.05, 0.1) is 6.61 Å². The number of phosphoric acid groups is 1. The summed E-state index contributed by atoms with van der Waals surface area (Å²) in [5.41, 5.74) is 2.43. The second-order valence-electron chi connectivity index (χ2n) is 16.0. The normalized spacial score (nSPS) is 33.5. The van der Waals surface area contributed by atoms with Crippen molar-refractivity contribution in [1.82, 2.24) is 0 Å². The fourth-order valence-corrected chi connectivity index (χ4v) is 11.7. The van der Waals surface area contributed by atoms with E-state index in [-0.39, 0.29) is 5.41 Å². The van der Waals surface area contributed by atoms with Crippen molar-refractivity contribution in [1.29, 1.82) is 0 Å². The van der Waals surface area contributed by atoms with E-state index in [4.69, 9.17) is 13.6 Å². The van der Waals surface area contributed by atoms with Crippen molar-refractivity contribution in [3.8, 4) is 11.5 Å². The molecule has 0 bridgehead atoms. The number of phosphoric ester groups is 1. The van der Waals surface area contributed by atoms with Crippen LogP contribution in [0.15, 0.2) is 72.3 Å². The molecular weight excluding hydrogens is 575 g/mol. The minimum Gasteiger partial charge on any atom is -0.395 e. The van der Waals surface area contributed by atoms with Crippen LogP contribution in [0, 0.1) is 52.3 Å². The molecule has 4 aliphatic carbocycles. The maximum atomic E-state index is 13.9. The third-order valence-corrected chi connectivity index (χ3v) is 14.1. The Morgan fingerprint density at radius 1 is 0.822 bits per heavy atom. The van der Waals surface area contributed by atoms with Gasteiger partial charge in [0.15, 0.2) is 0 Å². The third kappa shape index (κ3) is 6.99. The van der Waals surface area contributed by atoms with E-state index in [9.17, 15) is 4.57 Å². The van der Waals surface area contributed by atoms with Gasteiger partial charge < -0.3 is 9.05 Å². The quantitative estimate of drug-likeness (QED) is 0.172. The summed E-state index contributed by atoms with van der Waals surface area (Å²) in [6, 6.07) is 18.4. The van der Waals surface area contributed by atoms with Crippen molar-refractivity contribution in [3.05, 3.63) is 72.3 Å². The van der Waals surface area contributed by atoms with Gasteiger partial charge in [-0.3, -0.25) is 4.52 Å². The van der Waals surface area contributed by atoms with Gasteiger partial charge in [-0.25, -0.2) is 4.57 Å². The highest BCUT2D eigenvalue weighted by Gasteiger charge is 2.59. The molecule has 0 amide bonds. The maximum absolute atomic E-state index is 13.9. The molecule has 3 fully saturated rings. The summed E-state index contributed by atoms with van der Waals surface area (Å²) < 4.78 is 31.9. The SMILES string of the molecule is CC(C)CCC[C@@H](C)[C@H]1CC[C@H]2[C@@H]3CC=C4C[C@@H](COP(=O)(Oc5ccccc5)Oc5ccccc5)CC[C@]4(C)[C@H]3CC[C@]12C. The zero-order valence-electron chi connectivity index (χ0n) is 28.5. The van der Waals surface area contributed by atoms with Crippen LogP contribution in [-0.4, -0.2) is 6.61 Å². The van der Waals surface area contributed by atoms with E-state index in [1.165, 1.54) is 57.8 Å². The van der Waals surface area contributed by atoms with Gasteiger partial charge in [0, 0.05) is 0 Å². The second kappa shape index (κ2) is 13.6. The molecular formula is C40H57O4P. The van der Waals surface area contributed by atoms with E-state index < -0.39 is 7.82 Å². The number of rotatable bonds is 12. The first-order valence-corrected chi connectivity index (χ1v) is 19.5. The Labute approximate surface area is 273 Å². The molecule has 2 aromatic rings. The second-order valence-corrected chi connectivity index (χ2v) is 17.5. The zero-order valence-corrected chi connectivity index (χ0v) is 29.4. The first-order valence-electron chi connectivity index (χ1n) is 18.0. The van der Waals surface area contributed by atoms with Crippen LogP contribution in [0.2, 0.25) is 0 Å². The van der Waals surface area contributed by atoms with Crippen LogP contribution in [-0.2, 0) is 9.09 Å². The number of benzene rings is 2. The van der Waals surface area contributed by atoms with Gasteiger partial charge in [0.2, 0.25) is 0 Å². The number of allylic oxidation sites excluding steroid dienone is 2. The highest BCUT2D eigenvalue weighted by molar-refractivity contribution is 7.49. The lowest BCUT2D eigenvalue weighted by Gasteiger charge is -2.58. The van der Waals surface area contributed by atoms with E-state index in [2.05, 4.69) is 40.7 Å². The highest BCUT2D eigenvalue weighted by atomic mass is 31.2. The van der Waals surface area contributed by atoms with Gasteiger partial charge in [0.1, 0.15) is 11.5 Å². The molecule has 45 heavy (non-hydrogen) atoms. The van der Waals surface area contributed by atoms with Crippen molar-refractivity contribution in [2.75, 3.05) is 6.61 Å². The number of hydrogen-bond acceptors (Lipinski definition) is 4. The molecule has 5 heteroatoms. The Morgan fingerprint density at radius 3 is 2.13 bits per heavy atom. The Hall–Kier alpha value is -2.03. The Balaban J connectivity index is 1.11. The summed E-state index contributed by atoms with van der Waals surface area (Å²) in [4.78, 5) is 0. The van der Waals surface area contributed by atoms with Crippen molar-refractivity contribution >= 4 is 7.82 Å². The molecule has 0 unspecified atom stereocenters. The van der Waals surface area contributed by atoms with Crippen LogP contribution in [0.4, 0.5) is 0 Å². The van der Waals surface area contributed by atoms with Crippen LogP contribution in [0.3, 0.4) is 0 Å². The molecule has 4 nitrogen and oxygen atoms in total. The van der Waals surface area contributed by atoms with Crippen LogP contribution < -0.4 is 9.05 Å². The van der Waals surface area contributed by atoms with Gasteiger partial charge >= 0.3 is 7.82 Å². The average molecular weight is 633 g/mol. The summed E-state index contributed by atoms with van der Waals surface area (Å²) >= 11 is 0. The minimum absolute atomic E-state index is 0.284. The standard InChI is InChI=1S/C40H57O4P/c1-29(2)13-12-14-30(3)36-21-22-37-35-20-19-32-27-31(23-25-39(32,4)38(35)24-26-40(36,37)5)28-42-45(41,43-33-15-8-6-9-16-33)44-34-17-10-7-11-18-34/h6-11,15-19,29-31,35-38H,12-14,20-28H2,1-5H3/t30-,31+,35+,36-,37+,38+,39+,40-/m1/s1. The fourth-order valence-electron chi connectivity index (χ4n) is 10.4. The molecule has 2 aromatic carbocycles. The van der Waals surface area contributed by atoms with E-state index in [0.29, 0.717) is 29.4 Å². The topological polar surface area (TPSA) is 44.8 Å². The molecule has 0 aliphatic heterocycles. The smallest absolute Gasteiger partial charge is 0.395 e. The molecule has 246 valence electrons. The predicted octanol–water partition coefficient (Wildman–Crippen LogP) is 11.9. The lowest BCUT2D eigenvalue weighted by Crippen LogP contribution is -2.50. The Morgan fingerprint density at radius 2 is 1.49 bits per heavy atom. The molecule has 8 atom stereocenters. The predicted molar refractivity (Wildman–Crippen MR) is 184 cm³/mol. The van der Waals surface area contributed by atoms with Gasteiger partial charge in [-0.05, 0) is 128 Å². The lowest BCUT2D eigenvalue weighted by atomic mass is 9.46. The zero-order chi connectivity index (χ0) is 31.7. The van der Waals surface area contributed by atoms with E-state index in [0.717, 1.165) is 48.3 Å². The number of para-hydroxylation sites is 2. The fraction of sp³-hybridized carbons (Fsp3) is 0.650. The molecule has 0 aromatic heterocycles. The van der Waals surface area contributed by atoms with Crippen LogP contribution >= 0.6 is 7.82 Å². The molecule has 6 rings (SSSR count). The summed E-state index contributed by atoms with van der Waals surface area (Å²) in [7, 11) is -3.87. The van der Waals surface area contributed by atoms with Gasteiger partial charge in [-0.1, -0.05) is 102 Å². The average Bonchev–Trinajstić information content (AvgIpc) is 3.38. The molecule has 4 aliphatic rings. The van der Waals surface area contributed by atoms with E-state index in [1.54, 1.807) is 29.8 Å².